The molecule has 2 aliphatic rings. The number of hydrogen-bond acceptors (Lipinski definition) is 1. The Morgan fingerprint density at radius 3 is 1.69 bits per heavy atom. The molecule has 2 rings (SSSR count). The van der Waals surface area contributed by atoms with Gasteiger partial charge in [-0.1, -0.05) is 32.1 Å². The fraction of sp³-hybridized carbons (Fsp3) is 1.00. The van der Waals surface area contributed by atoms with Crippen LogP contribution < -0.4 is 0 Å². The molecule has 76 valence electrons. The average molecular weight is 182 g/mol. The molecule has 2 fully saturated rings. The number of hydrogen-bond donors (Lipinski definition) is 1. The lowest BCUT2D eigenvalue weighted by atomic mass is 9.85. The van der Waals surface area contributed by atoms with Crippen LogP contribution in [0, 0.1) is 11.8 Å². The zero-order valence-electron chi connectivity index (χ0n) is 8.54. The molecule has 1 nitrogen and oxygen atoms in total. The molecular weight excluding hydrogens is 160 g/mol. The van der Waals surface area contributed by atoms with E-state index in [4.69, 9.17) is 0 Å². The van der Waals surface area contributed by atoms with Gasteiger partial charge in [-0.2, -0.15) is 0 Å². The van der Waals surface area contributed by atoms with Gasteiger partial charge in [0.1, 0.15) is 0 Å². The summed E-state index contributed by atoms with van der Waals surface area (Å²) in [5.74, 6) is 1.33. The molecule has 0 spiro atoms. The van der Waals surface area contributed by atoms with Gasteiger partial charge in [0.2, 0.25) is 0 Å². The van der Waals surface area contributed by atoms with Crippen LogP contribution in [-0.2, 0) is 0 Å². The van der Waals surface area contributed by atoms with Crippen LogP contribution in [0.25, 0.3) is 0 Å². The van der Waals surface area contributed by atoms with Gasteiger partial charge in [0, 0.05) is 0 Å². The summed E-state index contributed by atoms with van der Waals surface area (Å²) in [6, 6.07) is 0. The van der Waals surface area contributed by atoms with Gasteiger partial charge in [-0.05, 0) is 37.5 Å². The van der Waals surface area contributed by atoms with Crippen LogP contribution in [-0.4, -0.2) is 11.2 Å². The molecule has 1 heteroatoms. The molecule has 1 N–H and O–H groups in total. The molecule has 0 aromatic rings. The third-order valence-electron chi connectivity index (χ3n) is 3.74. The van der Waals surface area contributed by atoms with Gasteiger partial charge in [-0.3, -0.25) is 0 Å². The maximum atomic E-state index is 10.0. The Morgan fingerprint density at radius 1 is 0.692 bits per heavy atom. The molecule has 0 amide bonds. The van der Waals surface area contributed by atoms with Crippen LogP contribution in [0.1, 0.15) is 57.8 Å². The topological polar surface area (TPSA) is 20.2 Å². The SMILES string of the molecule is OC(C1CCCCCCC1)C1CC1. The minimum Gasteiger partial charge on any atom is -0.393 e. The molecule has 0 aromatic heterocycles. The summed E-state index contributed by atoms with van der Waals surface area (Å²) in [5.41, 5.74) is 0. The summed E-state index contributed by atoms with van der Waals surface area (Å²) in [6.45, 7) is 0. The molecule has 0 aliphatic heterocycles. The van der Waals surface area contributed by atoms with Crippen molar-refractivity contribution < 1.29 is 5.11 Å². The monoisotopic (exact) mass is 182 g/mol. The quantitative estimate of drug-likeness (QED) is 0.695. The fourth-order valence-electron chi connectivity index (χ4n) is 2.65. The van der Waals surface area contributed by atoms with Crippen molar-refractivity contribution in [1.29, 1.82) is 0 Å². The first kappa shape index (κ1) is 9.51. The second-order valence-corrected chi connectivity index (χ2v) is 4.93. The van der Waals surface area contributed by atoms with Crippen LogP contribution >= 0.6 is 0 Å². The maximum Gasteiger partial charge on any atom is 0.0596 e. The predicted molar refractivity (Wildman–Crippen MR) is 54.5 cm³/mol. The van der Waals surface area contributed by atoms with Crippen molar-refractivity contribution in [3.05, 3.63) is 0 Å². The van der Waals surface area contributed by atoms with Crippen LogP contribution in [0.2, 0.25) is 0 Å². The van der Waals surface area contributed by atoms with Gasteiger partial charge in [0.15, 0.2) is 0 Å². The van der Waals surface area contributed by atoms with E-state index < -0.39 is 0 Å². The van der Waals surface area contributed by atoms with Gasteiger partial charge in [0.25, 0.3) is 0 Å². The van der Waals surface area contributed by atoms with Gasteiger partial charge < -0.3 is 5.11 Å². The number of aliphatic hydroxyl groups is 1. The van der Waals surface area contributed by atoms with E-state index in [1.54, 1.807) is 0 Å². The van der Waals surface area contributed by atoms with Crippen LogP contribution in [0.15, 0.2) is 0 Å². The summed E-state index contributed by atoms with van der Waals surface area (Å²) < 4.78 is 0. The van der Waals surface area contributed by atoms with Gasteiger partial charge in [-0.15, -0.1) is 0 Å². The molecule has 13 heavy (non-hydrogen) atoms. The molecule has 2 aliphatic carbocycles. The minimum atomic E-state index is 0.0538. The lowest BCUT2D eigenvalue weighted by molar-refractivity contribution is 0.0717. The van der Waals surface area contributed by atoms with Gasteiger partial charge in [-0.25, -0.2) is 0 Å². The highest BCUT2D eigenvalue weighted by atomic mass is 16.3. The Balaban J connectivity index is 1.80. The maximum absolute atomic E-state index is 10.0. The standard InChI is InChI=1S/C12H22O/c13-12(11-8-9-11)10-6-4-2-1-3-5-7-10/h10-13H,1-9H2. The van der Waals surface area contributed by atoms with Crippen LogP contribution in [0.3, 0.4) is 0 Å². The molecule has 0 heterocycles. The summed E-state index contributed by atoms with van der Waals surface area (Å²) >= 11 is 0. The van der Waals surface area contributed by atoms with Crippen molar-refractivity contribution in [2.75, 3.05) is 0 Å². The highest BCUT2D eigenvalue weighted by molar-refractivity contribution is 4.85. The van der Waals surface area contributed by atoms with E-state index in [9.17, 15) is 5.11 Å². The van der Waals surface area contributed by atoms with Crippen molar-refractivity contribution in [3.63, 3.8) is 0 Å². The molecule has 0 radical (unpaired) electrons. The molecule has 1 atom stereocenters. The summed E-state index contributed by atoms with van der Waals surface area (Å²) in [7, 11) is 0. The average Bonchev–Trinajstić information content (AvgIpc) is 2.84. The minimum absolute atomic E-state index is 0.0538. The Labute approximate surface area is 81.5 Å². The first-order chi connectivity index (χ1) is 6.38. The second-order valence-electron chi connectivity index (χ2n) is 4.93. The van der Waals surface area contributed by atoms with E-state index in [2.05, 4.69) is 0 Å². The summed E-state index contributed by atoms with van der Waals surface area (Å²) in [5, 5.41) is 10.0. The van der Waals surface area contributed by atoms with E-state index in [1.807, 2.05) is 0 Å². The third-order valence-corrected chi connectivity index (χ3v) is 3.74. The molecule has 0 bridgehead atoms. The Hall–Kier alpha value is -0.0400. The largest absolute Gasteiger partial charge is 0.393 e. The van der Waals surface area contributed by atoms with E-state index in [0.717, 1.165) is 0 Å². The van der Waals surface area contributed by atoms with Crippen LogP contribution in [0.4, 0.5) is 0 Å². The first-order valence-corrected chi connectivity index (χ1v) is 6.06. The van der Waals surface area contributed by atoms with E-state index >= 15 is 0 Å². The number of rotatable bonds is 2. The summed E-state index contributed by atoms with van der Waals surface area (Å²) in [4.78, 5) is 0. The van der Waals surface area contributed by atoms with Crippen molar-refractivity contribution in [3.8, 4) is 0 Å². The highest BCUT2D eigenvalue weighted by Crippen LogP contribution is 2.39. The zero-order valence-corrected chi connectivity index (χ0v) is 8.54. The smallest absolute Gasteiger partial charge is 0.0596 e. The van der Waals surface area contributed by atoms with Crippen molar-refractivity contribution >= 4 is 0 Å². The lowest BCUT2D eigenvalue weighted by Crippen LogP contribution is -2.23. The van der Waals surface area contributed by atoms with Crippen LogP contribution in [0.5, 0.6) is 0 Å². The van der Waals surface area contributed by atoms with Gasteiger partial charge in [0.05, 0.1) is 6.10 Å². The molecular formula is C12H22O. The fourth-order valence-corrected chi connectivity index (χ4v) is 2.65. The van der Waals surface area contributed by atoms with E-state index in [0.29, 0.717) is 11.8 Å². The predicted octanol–water partition coefficient (Wildman–Crippen LogP) is 3.12. The molecule has 0 saturated heterocycles. The Bertz CT molecular complexity index is 143. The van der Waals surface area contributed by atoms with E-state index in [-0.39, 0.29) is 6.10 Å². The van der Waals surface area contributed by atoms with Crippen molar-refractivity contribution in [2.45, 2.75) is 63.9 Å². The third kappa shape index (κ3) is 2.70. The van der Waals surface area contributed by atoms with E-state index in [1.165, 1.54) is 57.8 Å². The Kier molecular flexibility index (Phi) is 3.26. The Morgan fingerprint density at radius 2 is 1.15 bits per heavy atom. The molecule has 2 saturated carbocycles. The highest BCUT2D eigenvalue weighted by Gasteiger charge is 2.34. The molecule has 0 aromatic carbocycles. The summed E-state index contributed by atoms with van der Waals surface area (Å²) in [6.07, 6.45) is 12.1. The molecule has 1 unspecified atom stereocenters. The number of aliphatic hydroxyl groups excluding tert-OH is 1. The van der Waals surface area contributed by atoms with Crippen molar-refractivity contribution in [2.24, 2.45) is 11.8 Å². The van der Waals surface area contributed by atoms with Gasteiger partial charge >= 0.3 is 0 Å². The first-order valence-electron chi connectivity index (χ1n) is 6.06. The second kappa shape index (κ2) is 4.45. The zero-order chi connectivity index (χ0) is 9.10. The normalized spacial score (nSPS) is 29.3. The van der Waals surface area contributed by atoms with Crippen molar-refractivity contribution in [1.82, 2.24) is 0 Å². The lowest BCUT2D eigenvalue weighted by Gasteiger charge is -2.24.